The molecule has 0 saturated heterocycles. The van der Waals surface area contributed by atoms with Gasteiger partial charge in [-0.3, -0.25) is 29.4 Å². The summed E-state index contributed by atoms with van der Waals surface area (Å²) in [4.78, 5) is 83.1. The SMILES string of the molecule is C[C@H](N)C(=O)N[C@H](Cc1c[nH]c2ccccc12)C(=O)N[C@@H](C)C(=O)NN(Cc1ccc(O)cc1)C(=O)N[C@H](Cc1ccccc1)C(=O)N[C@@H](CCCCN)C(N)=O. The Morgan fingerprint density at radius 2 is 1.35 bits per heavy atom. The molecule has 0 aliphatic carbocycles. The number of carbonyl (C=O) groups is 6. The van der Waals surface area contributed by atoms with Crippen molar-refractivity contribution >= 4 is 46.5 Å². The Bertz CT molecular complexity index is 1990. The van der Waals surface area contributed by atoms with Crippen LogP contribution in [-0.2, 0) is 43.4 Å². The summed E-state index contributed by atoms with van der Waals surface area (Å²) in [6.45, 7) is 3.05. The van der Waals surface area contributed by atoms with Crippen molar-refractivity contribution in [3.05, 3.63) is 102 Å². The molecule has 0 spiro atoms. The topological polar surface area (TPSA) is 280 Å². The van der Waals surface area contributed by atoms with Crippen LogP contribution >= 0.6 is 0 Å². The van der Waals surface area contributed by atoms with Crippen LogP contribution < -0.4 is 43.9 Å². The fourth-order valence-electron chi connectivity index (χ4n) is 5.92. The number of benzene rings is 3. The number of rotatable bonds is 19. The first kappa shape index (κ1) is 43.3. The molecular weight excluding hydrogens is 733 g/mol. The zero-order chi connectivity index (χ0) is 41.5. The van der Waals surface area contributed by atoms with E-state index in [1.807, 2.05) is 24.3 Å². The summed E-state index contributed by atoms with van der Waals surface area (Å²) in [6.07, 6.45) is 3.22. The van der Waals surface area contributed by atoms with Crippen LogP contribution in [0.1, 0.15) is 49.8 Å². The van der Waals surface area contributed by atoms with E-state index in [2.05, 4.69) is 31.7 Å². The molecule has 0 fully saturated rings. The van der Waals surface area contributed by atoms with Gasteiger partial charge in [0.1, 0.15) is 29.9 Å². The lowest BCUT2D eigenvalue weighted by Gasteiger charge is -2.29. The standard InChI is InChI=1S/C40H52N10O7/c1-24(42)36(53)47-34(21-28-22-44-31-13-7-6-12-30(28)31)38(55)45-25(2)37(54)49-50(23-27-15-17-29(51)18-16-27)40(57)48-33(20-26-10-4-3-5-11-26)39(56)46-32(35(43)52)14-8-9-19-41/h3-7,10-13,15-18,22,24-25,32-34,44,51H,8-9,14,19-21,23,41-42H2,1-2H3,(H2,43,52)(H,45,55)(H,46,56)(H,47,53)(H,48,57)(H,49,54)/t24-,25-,32-,33+,34+/m0/s1. The molecule has 17 heteroatoms. The van der Waals surface area contributed by atoms with Gasteiger partial charge in [-0.1, -0.05) is 60.7 Å². The normalized spacial score (nSPS) is 13.6. The molecule has 0 saturated carbocycles. The molecule has 4 rings (SSSR count). The van der Waals surface area contributed by atoms with E-state index in [1.54, 1.807) is 36.5 Å². The van der Waals surface area contributed by atoms with Crippen molar-refractivity contribution in [3.8, 4) is 5.75 Å². The van der Waals surface area contributed by atoms with Crippen LogP contribution in [0.25, 0.3) is 10.9 Å². The quantitative estimate of drug-likeness (QED) is 0.0473. The first-order valence-electron chi connectivity index (χ1n) is 18.7. The van der Waals surface area contributed by atoms with Gasteiger partial charge >= 0.3 is 6.03 Å². The number of primary amides is 1. The van der Waals surface area contributed by atoms with Gasteiger partial charge in [0.05, 0.1) is 12.6 Å². The van der Waals surface area contributed by atoms with E-state index >= 15 is 0 Å². The Hall–Kier alpha value is -6.46. The molecule has 3 aromatic carbocycles. The molecular formula is C40H52N10O7. The molecule has 5 atom stereocenters. The third-order valence-electron chi connectivity index (χ3n) is 9.17. The summed E-state index contributed by atoms with van der Waals surface area (Å²) in [5, 5.41) is 22.2. The van der Waals surface area contributed by atoms with E-state index in [0.29, 0.717) is 30.5 Å². The number of aromatic hydroxyl groups is 1. The summed E-state index contributed by atoms with van der Waals surface area (Å²) in [5.41, 5.74) is 22.3. The molecule has 0 aliphatic rings. The van der Waals surface area contributed by atoms with Gasteiger partial charge in [-0.2, -0.15) is 0 Å². The summed E-state index contributed by atoms with van der Waals surface area (Å²) in [7, 11) is 0. The summed E-state index contributed by atoms with van der Waals surface area (Å²) < 4.78 is 0. The highest BCUT2D eigenvalue weighted by atomic mass is 16.3. The highest BCUT2D eigenvalue weighted by molar-refractivity contribution is 5.95. The van der Waals surface area contributed by atoms with Gasteiger partial charge < -0.3 is 48.6 Å². The van der Waals surface area contributed by atoms with Crippen molar-refractivity contribution in [2.75, 3.05) is 6.54 Å². The summed E-state index contributed by atoms with van der Waals surface area (Å²) in [5.74, 6) is -3.52. The van der Waals surface area contributed by atoms with Crippen LogP contribution in [-0.4, -0.2) is 87.4 Å². The number of nitrogens with two attached hydrogens (primary N) is 3. The maximum atomic E-state index is 14.0. The van der Waals surface area contributed by atoms with E-state index in [0.717, 1.165) is 21.5 Å². The number of phenolic OH excluding ortho intramolecular Hbond substituents is 1. The number of urea groups is 1. The Labute approximate surface area is 330 Å². The Morgan fingerprint density at radius 1 is 0.719 bits per heavy atom. The lowest BCUT2D eigenvalue weighted by molar-refractivity contribution is -0.133. The molecule has 0 bridgehead atoms. The van der Waals surface area contributed by atoms with Crippen molar-refractivity contribution in [3.63, 3.8) is 0 Å². The van der Waals surface area contributed by atoms with Gasteiger partial charge in [-0.05, 0) is 74.5 Å². The van der Waals surface area contributed by atoms with Crippen LogP contribution in [0.15, 0.2) is 85.1 Å². The maximum absolute atomic E-state index is 14.0. The van der Waals surface area contributed by atoms with Crippen molar-refractivity contribution < 1.29 is 33.9 Å². The van der Waals surface area contributed by atoms with E-state index in [4.69, 9.17) is 17.2 Å². The number of aromatic amines is 1. The Morgan fingerprint density at radius 3 is 2.02 bits per heavy atom. The van der Waals surface area contributed by atoms with Gasteiger partial charge in [0, 0.05) is 29.9 Å². The highest BCUT2D eigenvalue weighted by Crippen LogP contribution is 2.19. The number of fused-ring (bicyclic) bond motifs is 1. The second-order valence-electron chi connectivity index (χ2n) is 13.8. The smallest absolute Gasteiger partial charge is 0.337 e. The number of aromatic nitrogens is 1. The van der Waals surface area contributed by atoms with Crippen LogP contribution in [0.5, 0.6) is 5.75 Å². The van der Waals surface area contributed by atoms with Crippen molar-refractivity contribution in [1.29, 1.82) is 0 Å². The number of unbranched alkanes of at least 4 members (excludes halogenated alkanes) is 1. The number of H-pyrrole nitrogens is 1. The number of phenols is 1. The first-order chi connectivity index (χ1) is 27.2. The van der Waals surface area contributed by atoms with Gasteiger partial charge in [0.25, 0.3) is 5.91 Å². The number of nitrogens with zero attached hydrogens (tertiary/aromatic N) is 1. The molecule has 0 radical (unpaired) electrons. The predicted molar refractivity (Wildman–Crippen MR) is 213 cm³/mol. The monoisotopic (exact) mass is 784 g/mol. The maximum Gasteiger partial charge on any atom is 0.337 e. The zero-order valence-corrected chi connectivity index (χ0v) is 32.0. The molecule has 4 aromatic rings. The molecule has 1 aromatic heterocycles. The summed E-state index contributed by atoms with van der Waals surface area (Å²) >= 11 is 0. The second kappa shape index (κ2) is 21.0. The molecule has 0 unspecified atom stereocenters. The van der Waals surface area contributed by atoms with Crippen LogP contribution in [0, 0.1) is 0 Å². The third kappa shape index (κ3) is 13.1. The number of carbonyl (C=O) groups excluding carboxylic acids is 6. The Kier molecular flexibility index (Phi) is 15.9. The van der Waals surface area contributed by atoms with Gasteiger partial charge in [0.2, 0.25) is 23.6 Å². The Balaban J connectivity index is 1.54. The van der Waals surface area contributed by atoms with E-state index in [-0.39, 0.29) is 31.6 Å². The number of nitrogens with one attached hydrogen (secondary N) is 6. The van der Waals surface area contributed by atoms with Gasteiger partial charge in [0.15, 0.2) is 0 Å². The minimum Gasteiger partial charge on any atom is -0.508 e. The lowest BCUT2D eigenvalue weighted by atomic mass is 10.0. The number of hydrogen-bond acceptors (Lipinski definition) is 9. The average molecular weight is 785 g/mol. The molecule has 7 amide bonds. The molecule has 57 heavy (non-hydrogen) atoms. The zero-order valence-electron chi connectivity index (χ0n) is 32.0. The van der Waals surface area contributed by atoms with Crippen molar-refractivity contribution in [2.45, 2.75) is 82.7 Å². The van der Waals surface area contributed by atoms with E-state index < -0.39 is 65.8 Å². The summed E-state index contributed by atoms with van der Waals surface area (Å²) in [6, 6.07) is 15.8. The van der Waals surface area contributed by atoms with Crippen LogP contribution in [0.3, 0.4) is 0 Å². The molecule has 13 N–H and O–H groups in total. The minimum absolute atomic E-state index is 0.0190. The number of hydrogen-bond donors (Lipinski definition) is 10. The fourth-order valence-corrected chi connectivity index (χ4v) is 5.92. The number of hydrazine groups is 1. The first-order valence-corrected chi connectivity index (χ1v) is 18.7. The van der Waals surface area contributed by atoms with Gasteiger partial charge in [-0.15, -0.1) is 0 Å². The predicted octanol–water partition coefficient (Wildman–Crippen LogP) is 0.706. The third-order valence-corrected chi connectivity index (χ3v) is 9.17. The molecule has 0 aliphatic heterocycles. The van der Waals surface area contributed by atoms with Crippen LogP contribution in [0.2, 0.25) is 0 Å². The lowest BCUT2D eigenvalue weighted by Crippen LogP contribution is -2.60. The van der Waals surface area contributed by atoms with Crippen molar-refractivity contribution in [1.82, 2.24) is 36.7 Å². The molecule has 304 valence electrons. The minimum atomic E-state index is -1.24. The highest BCUT2D eigenvalue weighted by Gasteiger charge is 2.31. The molecule has 17 nitrogen and oxygen atoms in total. The number of para-hydroxylation sites is 1. The van der Waals surface area contributed by atoms with E-state index in [1.165, 1.54) is 38.1 Å². The second-order valence-corrected chi connectivity index (χ2v) is 13.8. The van der Waals surface area contributed by atoms with Crippen LogP contribution in [0.4, 0.5) is 4.79 Å². The molecule has 1 heterocycles. The van der Waals surface area contributed by atoms with E-state index in [9.17, 15) is 33.9 Å². The van der Waals surface area contributed by atoms with Gasteiger partial charge in [-0.25, -0.2) is 9.80 Å². The fraction of sp³-hybridized carbons (Fsp3) is 0.350. The van der Waals surface area contributed by atoms with Crippen molar-refractivity contribution in [2.24, 2.45) is 17.2 Å². The average Bonchev–Trinajstić information content (AvgIpc) is 3.60. The number of amides is 7. The largest absolute Gasteiger partial charge is 0.508 e.